The third-order valence-corrected chi connectivity index (χ3v) is 12.5. The summed E-state index contributed by atoms with van der Waals surface area (Å²) >= 11 is 12.0. The van der Waals surface area contributed by atoms with Crippen LogP contribution < -0.4 is 33.2 Å². The van der Waals surface area contributed by atoms with E-state index in [1.165, 1.54) is 34.2 Å². The second-order valence-corrected chi connectivity index (χ2v) is 22.0. The Morgan fingerprint density at radius 2 is 1.03 bits per heavy atom. The number of carbonyl (C=O) groups excluding carboxylic acids is 5. The van der Waals surface area contributed by atoms with Gasteiger partial charge in [0.05, 0.1) is 50.9 Å². The first-order valence-electron chi connectivity index (χ1n) is 25.7. The van der Waals surface area contributed by atoms with E-state index >= 15 is 0 Å². The number of aryl methyl sites for hydroxylation is 4. The lowest BCUT2D eigenvalue weighted by molar-refractivity contribution is 0.0624. The fraction of sp³-hybridized carbons (Fsp3) is 0.288. The van der Waals surface area contributed by atoms with Gasteiger partial charge in [-0.3, -0.25) is 44.3 Å². The number of nitrogens with two attached hydrogens (primary N) is 3. The van der Waals surface area contributed by atoms with Gasteiger partial charge in [-0.1, -0.05) is 30.6 Å². The van der Waals surface area contributed by atoms with Crippen molar-refractivity contribution in [1.29, 1.82) is 10.5 Å². The normalized spacial score (nSPS) is 10.9. The van der Waals surface area contributed by atoms with Crippen molar-refractivity contribution >= 4 is 92.5 Å². The number of ether oxygens (including phenoxy) is 2. The zero-order valence-corrected chi connectivity index (χ0v) is 49.4. The summed E-state index contributed by atoms with van der Waals surface area (Å²) in [7, 11) is 0. The smallest absolute Gasteiger partial charge is 0.413 e. The van der Waals surface area contributed by atoms with Crippen molar-refractivity contribution in [3.05, 3.63) is 162 Å². The number of benzene rings is 2. The van der Waals surface area contributed by atoms with Gasteiger partial charge in [0.25, 0.3) is 17.7 Å². The fourth-order valence-electron chi connectivity index (χ4n) is 8.50. The molecule has 0 radical (unpaired) electrons. The van der Waals surface area contributed by atoms with Gasteiger partial charge >= 0.3 is 18.2 Å². The lowest BCUT2D eigenvalue weighted by atomic mass is 10.0. The van der Waals surface area contributed by atoms with Crippen molar-refractivity contribution in [3.8, 4) is 12.1 Å². The van der Waals surface area contributed by atoms with Crippen LogP contribution in [0.1, 0.15) is 147 Å². The number of amides is 5. The fourth-order valence-corrected chi connectivity index (χ4v) is 8.83. The van der Waals surface area contributed by atoms with Crippen molar-refractivity contribution in [3.63, 3.8) is 0 Å². The number of rotatable bonds is 13. The van der Waals surface area contributed by atoms with E-state index in [-0.39, 0.29) is 60.7 Å². The molecule has 0 fully saturated rings. The average molecular weight is 1210 g/mol. The molecule has 0 aliphatic heterocycles. The number of fused-ring (bicyclic) bond motifs is 2. The molecule has 0 saturated heterocycles. The average Bonchev–Trinajstić information content (AvgIpc) is 1.50. The van der Waals surface area contributed by atoms with Gasteiger partial charge in [0.2, 0.25) is 0 Å². The molecule has 2 aromatic carbocycles. The minimum Gasteiger partial charge on any atom is -0.478 e. The van der Waals surface area contributed by atoms with E-state index in [1.54, 1.807) is 82.3 Å². The minimum atomic E-state index is -1.24. The molecule has 0 aliphatic carbocycles. The summed E-state index contributed by atoms with van der Waals surface area (Å²) in [5.41, 5.74) is 22.6. The number of nitriles is 2. The summed E-state index contributed by atoms with van der Waals surface area (Å²) in [4.78, 5) is 88.7. The van der Waals surface area contributed by atoms with Gasteiger partial charge < -0.3 is 37.1 Å². The quantitative estimate of drug-likeness (QED) is 0.0565. The molecule has 8 aromatic rings. The molecule has 0 unspecified atom stereocenters. The highest BCUT2D eigenvalue weighted by molar-refractivity contribution is 6.31. The Kier molecular flexibility index (Phi) is 21.7. The first-order chi connectivity index (χ1) is 39.8. The van der Waals surface area contributed by atoms with Crippen LogP contribution in [0.3, 0.4) is 0 Å². The first kappa shape index (κ1) is 66.7. The third-order valence-electron chi connectivity index (χ3n) is 12.0. The lowest BCUT2D eigenvalue weighted by Crippen LogP contribution is -2.28. The van der Waals surface area contributed by atoms with E-state index < -0.39 is 47.1 Å². The zero-order chi connectivity index (χ0) is 62.8. The van der Waals surface area contributed by atoms with Crippen molar-refractivity contribution in [1.82, 2.24) is 44.8 Å². The second-order valence-electron chi connectivity index (χ2n) is 21.1. The van der Waals surface area contributed by atoms with Crippen LogP contribution in [-0.2, 0) is 35.7 Å². The van der Waals surface area contributed by atoms with E-state index in [0.717, 1.165) is 27.9 Å². The number of nitrogens with zero attached hydrogens (tertiary/aromatic N) is 10. The lowest BCUT2D eigenvalue weighted by Gasteiger charge is -2.20. The van der Waals surface area contributed by atoms with Crippen LogP contribution in [0.5, 0.6) is 0 Å². The van der Waals surface area contributed by atoms with E-state index in [2.05, 4.69) is 46.1 Å². The molecule has 8 rings (SSSR count). The maximum Gasteiger partial charge on any atom is 0.413 e. The van der Waals surface area contributed by atoms with Crippen LogP contribution in [-0.4, -0.2) is 91.7 Å². The topological polar surface area (TPSA) is 390 Å². The molecule has 6 aromatic heterocycles. The first-order valence-corrected chi connectivity index (χ1v) is 26.5. The maximum atomic E-state index is 13.1. The number of aromatic carboxylic acids is 1. The van der Waals surface area contributed by atoms with Crippen LogP contribution in [0.15, 0.2) is 73.3 Å². The van der Waals surface area contributed by atoms with Gasteiger partial charge in [-0.2, -0.15) is 20.7 Å². The van der Waals surface area contributed by atoms with E-state index in [0.29, 0.717) is 66.9 Å². The highest BCUT2D eigenvalue weighted by Gasteiger charge is 2.22. The van der Waals surface area contributed by atoms with E-state index in [4.69, 9.17) is 60.2 Å². The Morgan fingerprint density at radius 1 is 0.628 bits per heavy atom. The predicted octanol–water partition coefficient (Wildman–Crippen LogP) is 9.33. The number of hydrogen-bond donors (Lipinski definition) is 7. The Hall–Kier alpha value is -10.1. The van der Waals surface area contributed by atoms with Gasteiger partial charge in [0.15, 0.2) is 11.4 Å². The van der Waals surface area contributed by atoms with Gasteiger partial charge in [-0.05, 0) is 151 Å². The minimum absolute atomic E-state index is 0. The molecule has 86 heavy (non-hydrogen) atoms. The molecular formula is C59H64Cl2N16O9. The summed E-state index contributed by atoms with van der Waals surface area (Å²) < 4.78 is 13.2. The summed E-state index contributed by atoms with van der Waals surface area (Å²) in [6.45, 7) is 19.0. The molecule has 10 N–H and O–H groups in total. The number of nitrogens with one attached hydrogen (secondary N) is 3. The Labute approximate surface area is 504 Å². The number of carbonyl (C=O) groups is 6. The summed E-state index contributed by atoms with van der Waals surface area (Å²) in [6, 6.07) is 17.2. The summed E-state index contributed by atoms with van der Waals surface area (Å²) in [6.07, 6.45) is 4.44. The van der Waals surface area contributed by atoms with Crippen molar-refractivity contribution < 1.29 is 43.3 Å². The molecule has 0 saturated carbocycles. The third kappa shape index (κ3) is 17.7. The number of halogens is 2. The number of aromatic nitrogens is 8. The van der Waals surface area contributed by atoms with Crippen molar-refractivity contribution in [2.75, 3.05) is 10.6 Å². The van der Waals surface area contributed by atoms with Crippen LogP contribution in [0.2, 0.25) is 10.0 Å². The SMILES string of the molecule is C.Cc1cc(NC(=O)OC(C)(C)C)nc(C)c1CN.Cc1cc(NC(=O)OC(C)(C)C)nc(C)c1CNC(=O)c1cn(Cc2cc(C(N)=O)c3ncc(Cl)cc3c2)nc1C#N.N#Cc1nn(Cc2cc(C(N)=O)c3ncc(Cl)cc3c2)cc1C(=O)O. The molecule has 5 amide bonds. The number of pyridine rings is 4. The molecule has 27 heteroatoms. The van der Waals surface area contributed by atoms with Crippen LogP contribution in [0.25, 0.3) is 21.8 Å². The number of hydrogen-bond acceptors (Lipinski definition) is 17. The van der Waals surface area contributed by atoms with Gasteiger partial charge in [-0.15, -0.1) is 0 Å². The van der Waals surface area contributed by atoms with Gasteiger partial charge in [0, 0.05) is 60.0 Å². The molecule has 25 nitrogen and oxygen atoms in total. The Bertz CT molecular complexity index is 3990. The van der Waals surface area contributed by atoms with Crippen LogP contribution in [0.4, 0.5) is 21.2 Å². The monoisotopic (exact) mass is 1210 g/mol. The van der Waals surface area contributed by atoms with E-state index in [9.17, 15) is 34.0 Å². The zero-order valence-electron chi connectivity index (χ0n) is 47.9. The Balaban J connectivity index is 0.000000260. The molecule has 6 heterocycles. The van der Waals surface area contributed by atoms with Crippen molar-refractivity contribution in [2.24, 2.45) is 17.2 Å². The number of primary amides is 2. The molecule has 0 atom stereocenters. The number of carboxylic acid groups (broad SMARTS) is 1. The predicted molar refractivity (Wildman–Crippen MR) is 323 cm³/mol. The van der Waals surface area contributed by atoms with Crippen LogP contribution >= 0.6 is 23.2 Å². The molecule has 0 aliphatic rings. The van der Waals surface area contributed by atoms with Crippen molar-refractivity contribution in [2.45, 2.75) is 114 Å². The maximum absolute atomic E-state index is 13.1. The van der Waals surface area contributed by atoms with Gasteiger partial charge in [-0.25, -0.2) is 24.4 Å². The van der Waals surface area contributed by atoms with E-state index in [1.807, 2.05) is 47.6 Å². The molecular weight excluding hydrogens is 1150 g/mol. The second kappa shape index (κ2) is 28.0. The highest BCUT2D eigenvalue weighted by atomic mass is 35.5. The van der Waals surface area contributed by atoms with Crippen LogP contribution in [0, 0.1) is 50.4 Å². The molecule has 0 bridgehead atoms. The molecule has 448 valence electrons. The Morgan fingerprint density at radius 3 is 1.40 bits per heavy atom. The molecule has 0 spiro atoms. The standard InChI is InChI=1S/C29H29ClN8O4.C16H10ClN5O3.C13H21N3O2.CH4/c1-15-6-24(36-28(41)42-29(3,4)5)35-16(2)21(15)12-34-27(40)22-14-38(37-23(22)10-31)13-17-7-18-9-19(30)11-33-25(18)20(8-17)26(32)39;17-10-3-9-1-8(2-11(15(19)23)14(9)20-5-10)6-22-7-12(16(24)25)13(4-18)21-22;1-8-6-11(15-9(2)10(8)7-14)16-12(17)18-13(3,4)5;/h6-9,11,14H,12-13H2,1-5H3,(H2,32,39)(H,34,40)(H,35,36,41);1-3,5,7H,6H2,(H2,19,23)(H,24,25);6H,7,14H2,1-5H3,(H,15,16,17);1H4. The summed E-state index contributed by atoms with van der Waals surface area (Å²) in [5.74, 6) is -2.23. The largest absolute Gasteiger partial charge is 0.478 e. The summed E-state index contributed by atoms with van der Waals surface area (Å²) in [5, 5.41) is 45.9. The highest BCUT2D eigenvalue weighted by Crippen LogP contribution is 2.26. The number of carboxylic acids is 1. The number of anilines is 2. The van der Waals surface area contributed by atoms with Gasteiger partial charge in [0.1, 0.15) is 40.5 Å².